The number of nitrogens with one attached hydrogen (secondary N) is 1. The van der Waals surface area contributed by atoms with Gasteiger partial charge in [0.05, 0.1) is 6.61 Å². The molecule has 1 N–H and O–H groups in total. The molecule has 0 saturated carbocycles. The second-order valence-electron chi connectivity index (χ2n) is 4.78. The van der Waals surface area contributed by atoms with E-state index >= 15 is 0 Å². The summed E-state index contributed by atoms with van der Waals surface area (Å²) in [5.74, 6) is 1.80. The van der Waals surface area contributed by atoms with Gasteiger partial charge in [0.25, 0.3) is 0 Å². The number of ether oxygens (including phenoxy) is 1. The maximum atomic E-state index is 5.59. The maximum absolute atomic E-state index is 5.59. The minimum Gasteiger partial charge on any atom is -0.381 e. The van der Waals surface area contributed by atoms with Crippen molar-refractivity contribution in [3.63, 3.8) is 0 Å². The van der Waals surface area contributed by atoms with Gasteiger partial charge in [-0.15, -0.1) is 0 Å². The van der Waals surface area contributed by atoms with Crippen LogP contribution in [0.2, 0.25) is 0 Å². The fourth-order valence-electron chi connectivity index (χ4n) is 2.56. The minimum atomic E-state index is 0.619. The highest BCUT2D eigenvalue weighted by Gasteiger charge is 2.24. The van der Waals surface area contributed by atoms with Gasteiger partial charge in [-0.2, -0.15) is 0 Å². The maximum Gasteiger partial charge on any atom is 0.108 e. The minimum absolute atomic E-state index is 0.619. The SMILES string of the molecule is CCNC1CCOCC1CCc1nccn1C. The molecular weight excluding hydrogens is 214 g/mol. The highest BCUT2D eigenvalue weighted by molar-refractivity contribution is 4.92. The van der Waals surface area contributed by atoms with E-state index in [4.69, 9.17) is 4.74 Å². The monoisotopic (exact) mass is 237 g/mol. The Kier molecular flexibility index (Phi) is 4.57. The molecule has 1 aliphatic rings. The second-order valence-corrected chi connectivity index (χ2v) is 4.78. The highest BCUT2D eigenvalue weighted by atomic mass is 16.5. The summed E-state index contributed by atoms with van der Waals surface area (Å²) in [5.41, 5.74) is 0. The summed E-state index contributed by atoms with van der Waals surface area (Å²) in [5, 5.41) is 3.57. The zero-order chi connectivity index (χ0) is 12.1. The van der Waals surface area contributed by atoms with Crippen molar-refractivity contribution in [1.82, 2.24) is 14.9 Å². The topological polar surface area (TPSA) is 39.1 Å². The lowest BCUT2D eigenvalue weighted by atomic mass is 9.91. The molecule has 2 rings (SSSR count). The first-order valence-corrected chi connectivity index (χ1v) is 6.58. The van der Waals surface area contributed by atoms with Gasteiger partial charge in [-0.3, -0.25) is 0 Å². The van der Waals surface area contributed by atoms with Gasteiger partial charge in [0.1, 0.15) is 5.82 Å². The summed E-state index contributed by atoms with van der Waals surface area (Å²) >= 11 is 0. The Balaban J connectivity index is 1.86. The number of nitrogens with zero attached hydrogens (tertiary/aromatic N) is 2. The van der Waals surface area contributed by atoms with Crippen LogP contribution in [0.5, 0.6) is 0 Å². The summed E-state index contributed by atoms with van der Waals surface area (Å²) < 4.78 is 7.69. The number of aryl methyl sites for hydroxylation is 2. The number of aromatic nitrogens is 2. The Labute approximate surface area is 103 Å². The predicted octanol–water partition coefficient (Wildman–Crippen LogP) is 1.37. The third-order valence-electron chi connectivity index (χ3n) is 3.60. The van der Waals surface area contributed by atoms with E-state index in [1.807, 2.05) is 12.4 Å². The fourth-order valence-corrected chi connectivity index (χ4v) is 2.56. The van der Waals surface area contributed by atoms with Crippen LogP contribution in [0.4, 0.5) is 0 Å². The van der Waals surface area contributed by atoms with Gasteiger partial charge >= 0.3 is 0 Å². The summed E-state index contributed by atoms with van der Waals surface area (Å²) in [6, 6.07) is 0.619. The Hall–Kier alpha value is -0.870. The smallest absolute Gasteiger partial charge is 0.108 e. The Bertz CT molecular complexity index is 335. The van der Waals surface area contributed by atoms with Crippen molar-refractivity contribution in [1.29, 1.82) is 0 Å². The average molecular weight is 237 g/mol. The molecule has 4 heteroatoms. The van der Waals surface area contributed by atoms with Crippen molar-refractivity contribution < 1.29 is 4.74 Å². The van der Waals surface area contributed by atoms with Gasteiger partial charge in [-0.25, -0.2) is 4.98 Å². The molecule has 1 saturated heterocycles. The van der Waals surface area contributed by atoms with Gasteiger partial charge in [0.15, 0.2) is 0 Å². The molecule has 96 valence electrons. The van der Waals surface area contributed by atoms with Crippen molar-refractivity contribution in [3.8, 4) is 0 Å². The van der Waals surface area contributed by atoms with Crippen molar-refractivity contribution in [2.24, 2.45) is 13.0 Å². The van der Waals surface area contributed by atoms with Gasteiger partial charge in [-0.1, -0.05) is 6.92 Å². The van der Waals surface area contributed by atoms with Crippen LogP contribution >= 0.6 is 0 Å². The first-order valence-electron chi connectivity index (χ1n) is 6.58. The summed E-state index contributed by atoms with van der Waals surface area (Å²) in [4.78, 5) is 4.37. The number of hydrogen-bond acceptors (Lipinski definition) is 3. The van der Waals surface area contributed by atoms with Crippen LogP contribution in [0.1, 0.15) is 25.6 Å². The van der Waals surface area contributed by atoms with Crippen LogP contribution in [-0.4, -0.2) is 35.4 Å². The van der Waals surface area contributed by atoms with E-state index in [1.165, 1.54) is 5.82 Å². The standard InChI is InChI=1S/C13H23N3O/c1-3-14-12-6-9-17-10-11(12)4-5-13-15-7-8-16(13)2/h7-8,11-12,14H,3-6,9-10H2,1-2H3. The van der Waals surface area contributed by atoms with Crippen molar-refractivity contribution in [3.05, 3.63) is 18.2 Å². The molecule has 2 atom stereocenters. The van der Waals surface area contributed by atoms with Crippen molar-refractivity contribution in [2.45, 2.75) is 32.2 Å². The lowest BCUT2D eigenvalue weighted by molar-refractivity contribution is 0.0291. The third kappa shape index (κ3) is 3.30. The molecule has 0 amide bonds. The van der Waals surface area contributed by atoms with E-state index in [9.17, 15) is 0 Å². The van der Waals surface area contributed by atoms with E-state index < -0.39 is 0 Å². The number of hydrogen-bond donors (Lipinski definition) is 1. The van der Waals surface area contributed by atoms with Crippen LogP contribution in [-0.2, 0) is 18.2 Å². The second kappa shape index (κ2) is 6.17. The molecule has 1 aromatic heterocycles. The molecule has 1 aliphatic heterocycles. The molecule has 0 aliphatic carbocycles. The van der Waals surface area contributed by atoms with Crippen LogP contribution in [0.15, 0.2) is 12.4 Å². The number of imidazole rings is 1. The lowest BCUT2D eigenvalue weighted by Crippen LogP contribution is -2.42. The van der Waals surface area contributed by atoms with Crippen molar-refractivity contribution in [2.75, 3.05) is 19.8 Å². The normalized spacial score (nSPS) is 25.1. The van der Waals surface area contributed by atoms with Crippen LogP contribution in [0.3, 0.4) is 0 Å². The molecule has 0 bridgehead atoms. The third-order valence-corrected chi connectivity index (χ3v) is 3.60. The van der Waals surface area contributed by atoms with Crippen molar-refractivity contribution >= 4 is 0 Å². The molecule has 0 radical (unpaired) electrons. The van der Waals surface area contributed by atoms with Gasteiger partial charge in [-0.05, 0) is 25.3 Å². The first-order chi connectivity index (χ1) is 8.31. The van der Waals surface area contributed by atoms with E-state index in [0.29, 0.717) is 12.0 Å². The van der Waals surface area contributed by atoms with E-state index in [1.54, 1.807) is 0 Å². The van der Waals surface area contributed by atoms with Crippen LogP contribution in [0, 0.1) is 5.92 Å². The largest absolute Gasteiger partial charge is 0.381 e. The van der Waals surface area contributed by atoms with E-state index in [2.05, 4.69) is 28.8 Å². The van der Waals surface area contributed by atoms with Crippen LogP contribution < -0.4 is 5.32 Å². The Morgan fingerprint density at radius 1 is 1.59 bits per heavy atom. The molecule has 0 spiro atoms. The van der Waals surface area contributed by atoms with Crippen LogP contribution in [0.25, 0.3) is 0 Å². The highest BCUT2D eigenvalue weighted by Crippen LogP contribution is 2.20. The summed E-state index contributed by atoms with van der Waals surface area (Å²) in [6.07, 6.45) is 7.21. The quantitative estimate of drug-likeness (QED) is 0.840. The molecule has 2 unspecified atom stereocenters. The molecule has 2 heterocycles. The Morgan fingerprint density at radius 2 is 2.47 bits per heavy atom. The predicted molar refractivity (Wildman–Crippen MR) is 67.9 cm³/mol. The fraction of sp³-hybridized carbons (Fsp3) is 0.769. The molecule has 1 fully saturated rings. The molecular formula is C13H23N3O. The first kappa shape index (κ1) is 12.6. The van der Waals surface area contributed by atoms with E-state index in [-0.39, 0.29) is 0 Å². The molecule has 17 heavy (non-hydrogen) atoms. The summed E-state index contributed by atoms with van der Waals surface area (Å²) in [6.45, 7) is 5.01. The number of rotatable bonds is 5. The van der Waals surface area contributed by atoms with Gasteiger partial charge in [0.2, 0.25) is 0 Å². The molecule has 1 aromatic rings. The lowest BCUT2D eigenvalue weighted by Gasteiger charge is -2.32. The Morgan fingerprint density at radius 3 is 3.18 bits per heavy atom. The molecule has 4 nitrogen and oxygen atoms in total. The van der Waals surface area contributed by atoms with Gasteiger partial charge in [0, 0.05) is 38.5 Å². The zero-order valence-corrected chi connectivity index (χ0v) is 10.9. The molecule has 0 aromatic carbocycles. The average Bonchev–Trinajstić information content (AvgIpc) is 2.74. The summed E-state index contributed by atoms with van der Waals surface area (Å²) in [7, 11) is 2.06. The van der Waals surface area contributed by atoms with Gasteiger partial charge < -0.3 is 14.6 Å². The zero-order valence-electron chi connectivity index (χ0n) is 10.9. The van der Waals surface area contributed by atoms with E-state index in [0.717, 1.165) is 39.0 Å².